The minimum absolute atomic E-state index is 0.270. The van der Waals surface area contributed by atoms with Gasteiger partial charge < -0.3 is 9.84 Å². The van der Waals surface area contributed by atoms with Gasteiger partial charge in [0.25, 0.3) is 0 Å². The molecule has 1 saturated heterocycles. The van der Waals surface area contributed by atoms with Gasteiger partial charge in [-0.3, -0.25) is 0 Å². The van der Waals surface area contributed by atoms with Crippen LogP contribution in [0.4, 0.5) is 0 Å². The van der Waals surface area contributed by atoms with E-state index in [0.29, 0.717) is 0 Å². The molecule has 0 unspecified atom stereocenters. The van der Waals surface area contributed by atoms with Crippen LogP contribution in [0.1, 0.15) is 37.4 Å². The van der Waals surface area contributed by atoms with Crippen LogP contribution in [-0.4, -0.2) is 17.2 Å². The highest BCUT2D eigenvalue weighted by molar-refractivity contribution is 5.78. The Labute approximate surface area is 100 Å². The van der Waals surface area contributed by atoms with Gasteiger partial charge in [-0.25, -0.2) is 4.79 Å². The normalized spacial score (nSPS) is 30.8. The zero-order chi connectivity index (χ0) is 11.9. The van der Waals surface area contributed by atoms with E-state index in [0.717, 1.165) is 31.2 Å². The number of esters is 1. The van der Waals surface area contributed by atoms with Crippen molar-refractivity contribution in [2.75, 3.05) is 0 Å². The Kier molecular flexibility index (Phi) is 2.44. The summed E-state index contributed by atoms with van der Waals surface area (Å²) in [6.45, 7) is 0. The van der Waals surface area contributed by atoms with Gasteiger partial charge in [-0.1, -0.05) is 43.2 Å². The molecule has 0 radical (unpaired) electrons. The summed E-state index contributed by atoms with van der Waals surface area (Å²) in [5, 5.41) is 10.1. The highest BCUT2D eigenvalue weighted by Crippen LogP contribution is 2.55. The van der Waals surface area contributed by atoms with Crippen molar-refractivity contribution in [3.05, 3.63) is 35.9 Å². The molecule has 1 N–H and O–H groups in total. The van der Waals surface area contributed by atoms with Crippen LogP contribution >= 0.6 is 0 Å². The van der Waals surface area contributed by atoms with Gasteiger partial charge in [0.05, 0.1) is 0 Å². The second kappa shape index (κ2) is 3.84. The summed E-state index contributed by atoms with van der Waals surface area (Å²) >= 11 is 0. The third-order valence-electron chi connectivity index (χ3n) is 4.16. The second-order valence-electron chi connectivity index (χ2n) is 5.07. The molecule has 0 amide bonds. The zero-order valence-corrected chi connectivity index (χ0v) is 9.63. The topological polar surface area (TPSA) is 46.5 Å². The van der Waals surface area contributed by atoms with Gasteiger partial charge in [0, 0.05) is 5.41 Å². The average molecular weight is 232 g/mol. The maximum atomic E-state index is 11.6. The highest BCUT2D eigenvalue weighted by Gasteiger charge is 2.58. The van der Waals surface area contributed by atoms with E-state index in [1.807, 2.05) is 30.3 Å². The van der Waals surface area contributed by atoms with Crippen LogP contribution in [0.2, 0.25) is 0 Å². The Morgan fingerprint density at radius 3 is 2.47 bits per heavy atom. The Morgan fingerprint density at radius 2 is 1.82 bits per heavy atom. The molecule has 0 aromatic heterocycles. The molecule has 1 aliphatic heterocycles. The van der Waals surface area contributed by atoms with Crippen molar-refractivity contribution < 1.29 is 14.6 Å². The molecule has 2 fully saturated rings. The SMILES string of the molecule is O=C1O[C@H](c2ccccc2)C2(CCCC2)[C@@H]1O. The molecular weight excluding hydrogens is 216 g/mol. The quantitative estimate of drug-likeness (QED) is 0.755. The first-order chi connectivity index (χ1) is 8.24. The van der Waals surface area contributed by atoms with E-state index in [4.69, 9.17) is 4.74 Å². The number of hydrogen-bond acceptors (Lipinski definition) is 3. The lowest BCUT2D eigenvalue weighted by atomic mass is 9.75. The Hall–Kier alpha value is -1.35. The second-order valence-corrected chi connectivity index (χ2v) is 5.07. The van der Waals surface area contributed by atoms with Gasteiger partial charge in [-0.15, -0.1) is 0 Å². The predicted octanol–water partition coefficient (Wildman–Crippen LogP) is 2.21. The summed E-state index contributed by atoms with van der Waals surface area (Å²) in [5.41, 5.74) is 0.623. The molecule has 1 aromatic carbocycles. The van der Waals surface area contributed by atoms with Crippen LogP contribution in [0.25, 0.3) is 0 Å². The molecule has 1 spiro atoms. The first kappa shape index (κ1) is 10.8. The number of benzene rings is 1. The molecule has 1 aliphatic carbocycles. The molecule has 2 aliphatic rings. The van der Waals surface area contributed by atoms with Gasteiger partial charge in [0.2, 0.25) is 0 Å². The monoisotopic (exact) mass is 232 g/mol. The van der Waals surface area contributed by atoms with Crippen LogP contribution in [0, 0.1) is 5.41 Å². The van der Waals surface area contributed by atoms with Crippen molar-refractivity contribution in [2.45, 2.75) is 37.9 Å². The Balaban J connectivity index is 2.01. The van der Waals surface area contributed by atoms with Crippen LogP contribution in [0.5, 0.6) is 0 Å². The van der Waals surface area contributed by atoms with Gasteiger partial charge in [-0.2, -0.15) is 0 Å². The van der Waals surface area contributed by atoms with Crippen LogP contribution in [0.3, 0.4) is 0 Å². The van der Waals surface area contributed by atoms with E-state index in [1.165, 1.54) is 0 Å². The smallest absolute Gasteiger partial charge is 0.336 e. The minimum Gasteiger partial charge on any atom is -0.455 e. The van der Waals surface area contributed by atoms with Crippen molar-refractivity contribution in [2.24, 2.45) is 5.41 Å². The van der Waals surface area contributed by atoms with E-state index in [9.17, 15) is 9.90 Å². The molecule has 90 valence electrons. The summed E-state index contributed by atoms with van der Waals surface area (Å²) in [4.78, 5) is 11.6. The van der Waals surface area contributed by atoms with Crippen molar-refractivity contribution in [1.82, 2.24) is 0 Å². The molecule has 1 aromatic rings. The summed E-state index contributed by atoms with van der Waals surface area (Å²) in [7, 11) is 0. The Bertz CT molecular complexity index is 420. The van der Waals surface area contributed by atoms with Crippen LogP contribution in [0.15, 0.2) is 30.3 Å². The maximum absolute atomic E-state index is 11.6. The fraction of sp³-hybridized carbons (Fsp3) is 0.500. The van der Waals surface area contributed by atoms with Crippen molar-refractivity contribution >= 4 is 5.97 Å². The molecular formula is C14H16O3. The number of ether oxygens (including phenoxy) is 1. The summed E-state index contributed by atoms with van der Waals surface area (Å²) in [6, 6.07) is 9.76. The number of hydrogen-bond donors (Lipinski definition) is 1. The molecule has 3 nitrogen and oxygen atoms in total. The van der Waals surface area contributed by atoms with Gasteiger partial charge >= 0.3 is 5.97 Å². The molecule has 3 heteroatoms. The number of cyclic esters (lactones) is 1. The highest BCUT2D eigenvalue weighted by atomic mass is 16.6. The van der Waals surface area contributed by atoms with Crippen LogP contribution < -0.4 is 0 Å². The lowest BCUT2D eigenvalue weighted by Gasteiger charge is -2.30. The van der Waals surface area contributed by atoms with E-state index < -0.39 is 12.1 Å². The number of carbonyl (C=O) groups is 1. The van der Waals surface area contributed by atoms with Gasteiger partial charge in [0.15, 0.2) is 6.10 Å². The lowest BCUT2D eigenvalue weighted by molar-refractivity contribution is -0.147. The summed E-state index contributed by atoms with van der Waals surface area (Å²) in [6.07, 6.45) is 2.66. The number of aliphatic hydroxyl groups is 1. The first-order valence-corrected chi connectivity index (χ1v) is 6.17. The molecule has 3 rings (SSSR count). The molecule has 2 atom stereocenters. The van der Waals surface area contributed by atoms with E-state index in [2.05, 4.69) is 0 Å². The standard InChI is InChI=1S/C14H16O3/c15-11-13(16)17-12(10-6-2-1-3-7-10)14(11)8-4-5-9-14/h1-3,6-7,11-12,15H,4-5,8-9H2/t11-,12-/m1/s1. The Morgan fingerprint density at radius 1 is 1.18 bits per heavy atom. The van der Waals surface area contributed by atoms with Crippen molar-refractivity contribution in [1.29, 1.82) is 0 Å². The van der Waals surface area contributed by atoms with Crippen LogP contribution in [-0.2, 0) is 9.53 Å². The van der Waals surface area contributed by atoms with Crippen molar-refractivity contribution in [3.8, 4) is 0 Å². The molecule has 0 bridgehead atoms. The third kappa shape index (κ3) is 1.49. The first-order valence-electron chi connectivity index (χ1n) is 6.17. The minimum atomic E-state index is -0.949. The van der Waals surface area contributed by atoms with Crippen molar-refractivity contribution in [3.63, 3.8) is 0 Å². The van der Waals surface area contributed by atoms with Gasteiger partial charge in [-0.05, 0) is 18.4 Å². The largest absolute Gasteiger partial charge is 0.455 e. The molecule has 17 heavy (non-hydrogen) atoms. The number of aliphatic hydroxyl groups excluding tert-OH is 1. The fourth-order valence-electron chi connectivity index (χ4n) is 3.27. The molecule has 1 heterocycles. The van der Waals surface area contributed by atoms with E-state index in [-0.39, 0.29) is 11.5 Å². The summed E-state index contributed by atoms with van der Waals surface area (Å²) in [5.74, 6) is -0.458. The zero-order valence-electron chi connectivity index (χ0n) is 9.63. The maximum Gasteiger partial charge on any atom is 0.336 e. The molecule has 1 saturated carbocycles. The number of carbonyl (C=O) groups excluding carboxylic acids is 1. The van der Waals surface area contributed by atoms with Gasteiger partial charge in [0.1, 0.15) is 6.10 Å². The predicted molar refractivity (Wildman–Crippen MR) is 62.2 cm³/mol. The van der Waals surface area contributed by atoms with E-state index >= 15 is 0 Å². The van der Waals surface area contributed by atoms with E-state index in [1.54, 1.807) is 0 Å². The fourth-order valence-corrected chi connectivity index (χ4v) is 3.27. The summed E-state index contributed by atoms with van der Waals surface area (Å²) < 4.78 is 5.41. The lowest BCUT2D eigenvalue weighted by Crippen LogP contribution is -2.34. The average Bonchev–Trinajstić information content (AvgIpc) is 2.93. The third-order valence-corrected chi connectivity index (χ3v) is 4.16. The number of rotatable bonds is 1.